The summed E-state index contributed by atoms with van der Waals surface area (Å²) in [6.07, 6.45) is 0.998. The van der Waals surface area contributed by atoms with Gasteiger partial charge in [-0.1, -0.05) is 25.9 Å². The van der Waals surface area contributed by atoms with E-state index in [0.29, 0.717) is 29.1 Å². The zero-order valence-corrected chi connectivity index (χ0v) is 16.6. The summed E-state index contributed by atoms with van der Waals surface area (Å²) in [5, 5.41) is 5.73. The van der Waals surface area contributed by atoms with Crippen molar-refractivity contribution in [1.29, 1.82) is 0 Å². The minimum absolute atomic E-state index is 0.121. The van der Waals surface area contributed by atoms with E-state index >= 15 is 0 Å². The van der Waals surface area contributed by atoms with Crippen LogP contribution in [0.4, 0.5) is 17.3 Å². The monoisotopic (exact) mass is 380 g/mol. The molecule has 0 bridgehead atoms. The molecule has 1 aromatic heterocycles. The van der Waals surface area contributed by atoms with E-state index in [9.17, 15) is 0 Å². The molecule has 0 aliphatic carbocycles. The van der Waals surface area contributed by atoms with Crippen molar-refractivity contribution in [3.63, 3.8) is 0 Å². The zero-order chi connectivity index (χ0) is 19.1. The van der Waals surface area contributed by atoms with Crippen molar-refractivity contribution in [2.45, 2.75) is 50.8 Å². The van der Waals surface area contributed by atoms with Gasteiger partial charge in [-0.15, -0.1) is 5.48 Å². The average molecular weight is 381 g/mol. The van der Waals surface area contributed by atoms with Gasteiger partial charge in [-0.05, 0) is 13.3 Å². The lowest BCUT2D eigenvalue weighted by atomic mass is 9.95. The van der Waals surface area contributed by atoms with Gasteiger partial charge in [0.25, 0.3) is 0 Å². The van der Waals surface area contributed by atoms with Crippen LogP contribution in [-0.2, 0) is 10.4 Å². The highest BCUT2D eigenvalue weighted by Crippen LogP contribution is 2.34. The molecule has 1 saturated heterocycles. The van der Waals surface area contributed by atoms with Crippen molar-refractivity contribution in [3.05, 3.63) is 5.82 Å². The number of nitrogen functional groups attached to an aromatic ring is 1. The molecule has 0 aromatic carbocycles. The molecule has 1 aromatic rings. The minimum Gasteiger partial charge on any atom is -0.393 e. The third kappa shape index (κ3) is 3.81. The van der Waals surface area contributed by atoms with Crippen molar-refractivity contribution in [2.24, 2.45) is 11.0 Å². The molecule has 2 aliphatic rings. The van der Waals surface area contributed by atoms with Gasteiger partial charge in [-0.3, -0.25) is 9.95 Å². The number of hydrogen-bond acceptors (Lipinski definition) is 10. The molecule has 2 atom stereocenters. The van der Waals surface area contributed by atoms with Gasteiger partial charge in [-0.2, -0.15) is 12.6 Å². The standard InChI is InChI=1S/C16H28N8OS/c1-9-11(22-25-21-9)8-24(18)14-12(17)13(23-6-5-10(26)7-23)19-15(20-14)16(2,3)4/h10-11,22,26H,5-8,17-18H2,1-4H3. The number of nitrogens with one attached hydrogen (secondary N) is 1. The van der Waals surface area contributed by atoms with Gasteiger partial charge >= 0.3 is 0 Å². The lowest BCUT2D eigenvalue weighted by Crippen LogP contribution is -2.46. The maximum absolute atomic E-state index is 6.44. The van der Waals surface area contributed by atoms with Crippen molar-refractivity contribution in [2.75, 3.05) is 35.3 Å². The van der Waals surface area contributed by atoms with Crippen molar-refractivity contribution >= 4 is 35.7 Å². The third-order valence-corrected chi connectivity index (χ3v) is 5.00. The Morgan fingerprint density at radius 1 is 1.38 bits per heavy atom. The third-order valence-electron chi connectivity index (χ3n) is 4.58. The zero-order valence-electron chi connectivity index (χ0n) is 15.7. The molecule has 3 heterocycles. The number of nitrogens with two attached hydrogens (primary N) is 2. The Morgan fingerprint density at radius 2 is 2.12 bits per heavy atom. The summed E-state index contributed by atoms with van der Waals surface area (Å²) < 4.78 is 0. The van der Waals surface area contributed by atoms with E-state index in [0.717, 1.165) is 31.0 Å². The van der Waals surface area contributed by atoms with Crippen LogP contribution < -0.4 is 27.0 Å². The fraction of sp³-hybridized carbons (Fsp3) is 0.688. The normalized spacial score (nSPS) is 23.2. The predicted molar refractivity (Wildman–Crippen MR) is 107 cm³/mol. The van der Waals surface area contributed by atoms with Crippen LogP contribution in [0.3, 0.4) is 0 Å². The first-order valence-electron chi connectivity index (χ1n) is 8.76. The molecule has 1 fully saturated rings. The Labute approximate surface area is 159 Å². The summed E-state index contributed by atoms with van der Waals surface area (Å²) >= 11 is 4.58. The Kier molecular flexibility index (Phi) is 5.18. The van der Waals surface area contributed by atoms with Crippen LogP contribution in [0.2, 0.25) is 0 Å². The van der Waals surface area contributed by atoms with Crippen molar-refractivity contribution < 1.29 is 4.94 Å². The molecule has 5 N–H and O–H groups in total. The van der Waals surface area contributed by atoms with Crippen molar-refractivity contribution in [3.8, 4) is 0 Å². The number of aromatic nitrogens is 2. The molecule has 2 unspecified atom stereocenters. The summed E-state index contributed by atoms with van der Waals surface area (Å²) in [5.41, 5.74) is 10.3. The number of hydrogen-bond donors (Lipinski definition) is 4. The van der Waals surface area contributed by atoms with E-state index in [1.165, 1.54) is 5.01 Å². The molecule has 0 radical (unpaired) electrons. The van der Waals surface area contributed by atoms with Gasteiger partial charge in [0.1, 0.15) is 17.6 Å². The highest BCUT2D eigenvalue weighted by molar-refractivity contribution is 7.81. The highest BCUT2D eigenvalue weighted by atomic mass is 32.1. The van der Waals surface area contributed by atoms with Gasteiger partial charge in [0.15, 0.2) is 11.6 Å². The molecule has 0 spiro atoms. The van der Waals surface area contributed by atoms with E-state index in [4.69, 9.17) is 21.5 Å². The van der Waals surface area contributed by atoms with Gasteiger partial charge in [0.05, 0.1) is 12.3 Å². The second-order valence-electron chi connectivity index (χ2n) is 7.89. The first-order valence-corrected chi connectivity index (χ1v) is 9.27. The highest BCUT2D eigenvalue weighted by Gasteiger charge is 2.30. The lowest BCUT2D eigenvalue weighted by molar-refractivity contribution is 0.0610. The van der Waals surface area contributed by atoms with Gasteiger partial charge < -0.3 is 10.6 Å². The minimum atomic E-state index is -0.232. The molecule has 26 heavy (non-hydrogen) atoms. The second kappa shape index (κ2) is 7.09. The Balaban J connectivity index is 1.96. The van der Waals surface area contributed by atoms with Crippen LogP contribution in [0.15, 0.2) is 5.16 Å². The summed E-state index contributed by atoms with van der Waals surface area (Å²) in [4.78, 5) is 16.5. The van der Waals surface area contributed by atoms with Crippen LogP contribution in [0, 0.1) is 0 Å². The van der Waals surface area contributed by atoms with Crippen LogP contribution in [0.1, 0.15) is 39.9 Å². The predicted octanol–water partition coefficient (Wildman–Crippen LogP) is 0.824. The molecule has 0 amide bonds. The number of thiol groups is 1. The SMILES string of the molecule is CC1=NONC1CN(N)c1nc(C(C)(C)C)nc(N2CCC(S)C2)c1N. The van der Waals surface area contributed by atoms with Crippen molar-refractivity contribution in [1.82, 2.24) is 15.4 Å². The first-order chi connectivity index (χ1) is 12.2. The van der Waals surface area contributed by atoms with E-state index in [1.54, 1.807) is 0 Å². The number of oxime groups is 1. The largest absolute Gasteiger partial charge is 0.393 e. The maximum atomic E-state index is 6.44. The summed E-state index contributed by atoms with van der Waals surface area (Å²) in [6.45, 7) is 10.2. The molecule has 9 nitrogen and oxygen atoms in total. The van der Waals surface area contributed by atoms with Crippen LogP contribution >= 0.6 is 12.6 Å². The molecule has 3 rings (SSSR count). The van der Waals surface area contributed by atoms with E-state index in [1.807, 2.05) is 6.92 Å². The van der Waals surface area contributed by atoms with Gasteiger partial charge in [-0.25, -0.2) is 15.8 Å². The average Bonchev–Trinajstić information content (AvgIpc) is 3.15. The van der Waals surface area contributed by atoms with E-state index < -0.39 is 0 Å². The lowest BCUT2D eigenvalue weighted by Gasteiger charge is -2.28. The van der Waals surface area contributed by atoms with E-state index in [-0.39, 0.29) is 11.5 Å². The number of nitrogens with zero attached hydrogens (tertiary/aromatic N) is 5. The fourth-order valence-corrected chi connectivity index (χ4v) is 3.25. The number of anilines is 3. The first kappa shape index (κ1) is 19.0. The topological polar surface area (TPSA) is 118 Å². The Morgan fingerprint density at radius 3 is 2.65 bits per heavy atom. The van der Waals surface area contributed by atoms with E-state index in [2.05, 4.69) is 53.9 Å². The molecule has 0 saturated carbocycles. The molecule has 10 heteroatoms. The molecule has 144 valence electrons. The van der Waals surface area contributed by atoms with Crippen LogP contribution in [0.25, 0.3) is 0 Å². The Bertz CT molecular complexity index is 704. The molecular weight excluding hydrogens is 352 g/mol. The van der Waals surface area contributed by atoms with Gasteiger partial charge in [0.2, 0.25) is 0 Å². The summed E-state index contributed by atoms with van der Waals surface area (Å²) in [6, 6.07) is -0.121. The quantitative estimate of drug-likeness (QED) is 0.345. The summed E-state index contributed by atoms with van der Waals surface area (Å²) in [5.74, 6) is 8.28. The number of rotatable bonds is 4. The second-order valence-corrected chi connectivity index (χ2v) is 8.62. The number of hydrazine groups is 1. The maximum Gasteiger partial charge on any atom is 0.171 e. The van der Waals surface area contributed by atoms with Crippen LogP contribution in [0.5, 0.6) is 0 Å². The smallest absolute Gasteiger partial charge is 0.171 e. The number of hydroxylamine groups is 1. The summed E-state index contributed by atoms with van der Waals surface area (Å²) in [7, 11) is 0. The van der Waals surface area contributed by atoms with Gasteiger partial charge in [0, 0.05) is 23.8 Å². The molecule has 2 aliphatic heterocycles. The van der Waals surface area contributed by atoms with Crippen LogP contribution in [-0.4, -0.2) is 46.6 Å². The fourth-order valence-electron chi connectivity index (χ4n) is 2.94. The molecular formula is C16H28N8OS. The Hall–Kier alpha value is -1.78.